The van der Waals surface area contributed by atoms with Gasteiger partial charge in [-0.2, -0.15) is 5.10 Å². The lowest BCUT2D eigenvalue weighted by Gasteiger charge is -1.98. The molecule has 108 valence electrons. The number of benzene rings is 1. The molecule has 21 heavy (non-hydrogen) atoms. The number of methoxy groups -OCH3 is 1. The highest BCUT2D eigenvalue weighted by Gasteiger charge is 2.09. The maximum Gasteiger partial charge on any atom is 0.337 e. The van der Waals surface area contributed by atoms with Gasteiger partial charge in [0.05, 0.1) is 18.9 Å². The number of aromatic nitrogens is 2. The van der Waals surface area contributed by atoms with Crippen LogP contribution in [0.3, 0.4) is 0 Å². The SMILES string of the molecule is COC(=O)c1ccc(C=N/N=C(/N)c2nonc2N)cc1. The average Bonchev–Trinajstić information content (AvgIpc) is 2.93. The molecule has 0 unspecified atom stereocenters. The fraction of sp³-hybridized carbons (Fsp3) is 0.0833. The molecule has 9 nitrogen and oxygen atoms in total. The van der Waals surface area contributed by atoms with Crippen LogP contribution in [0.5, 0.6) is 0 Å². The lowest BCUT2D eigenvalue weighted by molar-refractivity contribution is 0.0600. The number of nitrogen functional groups attached to an aromatic ring is 1. The van der Waals surface area contributed by atoms with E-state index < -0.39 is 5.97 Å². The van der Waals surface area contributed by atoms with E-state index in [-0.39, 0.29) is 17.3 Å². The number of amidine groups is 1. The number of hydrogen-bond donors (Lipinski definition) is 2. The van der Waals surface area contributed by atoms with E-state index in [1.54, 1.807) is 24.3 Å². The first-order chi connectivity index (χ1) is 10.1. The highest BCUT2D eigenvalue weighted by molar-refractivity contribution is 5.99. The molecule has 9 heteroatoms. The predicted molar refractivity (Wildman–Crippen MR) is 74.8 cm³/mol. The number of rotatable bonds is 4. The molecule has 0 aliphatic rings. The Hall–Kier alpha value is -3.23. The van der Waals surface area contributed by atoms with Gasteiger partial charge in [0.1, 0.15) is 0 Å². The molecular weight excluding hydrogens is 276 g/mol. The summed E-state index contributed by atoms with van der Waals surface area (Å²) in [6, 6.07) is 6.60. The Labute approximate surface area is 119 Å². The van der Waals surface area contributed by atoms with Gasteiger partial charge in [-0.3, -0.25) is 0 Å². The van der Waals surface area contributed by atoms with Crippen molar-refractivity contribution in [3.63, 3.8) is 0 Å². The molecule has 0 saturated carbocycles. The second kappa shape index (κ2) is 6.28. The zero-order valence-electron chi connectivity index (χ0n) is 11.1. The van der Waals surface area contributed by atoms with Gasteiger partial charge in [-0.1, -0.05) is 12.1 Å². The molecule has 0 aliphatic carbocycles. The van der Waals surface area contributed by atoms with Gasteiger partial charge in [0.15, 0.2) is 17.3 Å². The van der Waals surface area contributed by atoms with Crippen molar-refractivity contribution in [3.05, 3.63) is 41.1 Å². The predicted octanol–water partition coefficient (Wildman–Crippen LogP) is 0.178. The second-order valence-electron chi connectivity index (χ2n) is 3.84. The summed E-state index contributed by atoms with van der Waals surface area (Å²) < 4.78 is 8.99. The molecule has 0 radical (unpaired) electrons. The number of carbonyl (C=O) groups is 1. The Morgan fingerprint density at radius 2 is 2.05 bits per heavy atom. The van der Waals surface area contributed by atoms with Crippen molar-refractivity contribution >= 4 is 23.8 Å². The van der Waals surface area contributed by atoms with Crippen LogP contribution in [0.15, 0.2) is 39.1 Å². The molecule has 0 amide bonds. The maximum atomic E-state index is 11.3. The van der Waals surface area contributed by atoms with Gasteiger partial charge in [0.25, 0.3) is 0 Å². The van der Waals surface area contributed by atoms with Gasteiger partial charge >= 0.3 is 5.97 Å². The third kappa shape index (κ3) is 3.41. The van der Waals surface area contributed by atoms with Crippen molar-refractivity contribution in [3.8, 4) is 0 Å². The summed E-state index contributed by atoms with van der Waals surface area (Å²) in [6.07, 6.45) is 1.46. The zero-order chi connectivity index (χ0) is 15.2. The molecule has 2 rings (SSSR count). The van der Waals surface area contributed by atoms with E-state index in [0.717, 1.165) is 5.56 Å². The van der Waals surface area contributed by atoms with Crippen LogP contribution in [-0.2, 0) is 4.74 Å². The van der Waals surface area contributed by atoms with E-state index in [2.05, 4.69) is 29.9 Å². The zero-order valence-corrected chi connectivity index (χ0v) is 11.1. The van der Waals surface area contributed by atoms with E-state index in [1.165, 1.54) is 13.3 Å². The molecule has 1 aromatic heterocycles. The molecule has 1 heterocycles. The van der Waals surface area contributed by atoms with Crippen molar-refractivity contribution in [1.82, 2.24) is 10.3 Å². The van der Waals surface area contributed by atoms with Crippen LogP contribution in [0.1, 0.15) is 21.6 Å². The fourth-order valence-corrected chi connectivity index (χ4v) is 1.40. The van der Waals surface area contributed by atoms with Gasteiger partial charge in [0, 0.05) is 0 Å². The summed E-state index contributed by atoms with van der Waals surface area (Å²) in [5, 5.41) is 14.4. The van der Waals surface area contributed by atoms with E-state index in [9.17, 15) is 4.79 Å². The second-order valence-corrected chi connectivity index (χ2v) is 3.84. The van der Waals surface area contributed by atoms with Gasteiger partial charge in [-0.05, 0) is 28.0 Å². The Morgan fingerprint density at radius 3 is 2.62 bits per heavy atom. The first kappa shape index (κ1) is 14.2. The smallest absolute Gasteiger partial charge is 0.337 e. The summed E-state index contributed by atoms with van der Waals surface area (Å²) >= 11 is 0. The minimum absolute atomic E-state index is 0.0174. The number of anilines is 1. The van der Waals surface area contributed by atoms with Crippen LogP contribution in [0, 0.1) is 0 Å². The Bertz CT molecular complexity index is 689. The third-order valence-electron chi connectivity index (χ3n) is 2.46. The molecule has 0 saturated heterocycles. The minimum Gasteiger partial charge on any atom is -0.465 e. The number of esters is 1. The molecule has 1 aromatic carbocycles. The molecule has 0 atom stereocenters. The molecule has 0 aliphatic heterocycles. The normalized spacial score (nSPS) is 11.8. The molecule has 0 fully saturated rings. The van der Waals surface area contributed by atoms with Crippen molar-refractivity contribution in [2.24, 2.45) is 15.9 Å². The number of hydrogen-bond acceptors (Lipinski definition) is 8. The first-order valence-electron chi connectivity index (χ1n) is 5.75. The van der Waals surface area contributed by atoms with E-state index in [1.807, 2.05) is 0 Å². The molecule has 0 bridgehead atoms. The van der Waals surface area contributed by atoms with Crippen molar-refractivity contribution in [2.45, 2.75) is 0 Å². The first-order valence-corrected chi connectivity index (χ1v) is 5.75. The number of nitrogens with two attached hydrogens (primary N) is 2. The Balaban J connectivity index is 2.08. The van der Waals surface area contributed by atoms with Crippen LogP contribution in [0.4, 0.5) is 5.82 Å². The van der Waals surface area contributed by atoms with E-state index >= 15 is 0 Å². The lowest BCUT2D eigenvalue weighted by atomic mass is 10.1. The average molecular weight is 288 g/mol. The molecule has 0 spiro atoms. The minimum atomic E-state index is -0.408. The summed E-state index contributed by atoms with van der Waals surface area (Å²) in [4.78, 5) is 11.3. The maximum absolute atomic E-state index is 11.3. The largest absolute Gasteiger partial charge is 0.465 e. The number of carbonyl (C=O) groups excluding carboxylic acids is 1. The van der Waals surface area contributed by atoms with Gasteiger partial charge in [0.2, 0.25) is 0 Å². The van der Waals surface area contributed by atoms with Crippen molar-refractivity contribution in [2.75, 3.05) is 12.8 Å². The van der Waals surface area contributed by atoms with Crippen LogP contribution < -0.4 is 11.5 Å². The summed E-state index contributed by atoms with van der Waals surface area (Å²) in [5.41, 5.74) is 12.4. The van der Waals surface area contributed by atoms with E-state index in [4.69, 9.17) is 11.5 Å². The highest BCUT2D eigenvalue weighted by atomic mass is 16.6. The molecular formula is C12H12N6O3. The fourth-order valence-electron chi connectivity index (χ4n) is 1.40. The summed E-state index contributed by atoms with van der Waals surface area (Å²) in [7, 11) is 1.32. The highest BCUT2D eigenvalue weighted by Crippen LogP contribution is 2.05. The van der Waals surface area contributed by atoms with E-state index in [0.29, 0.717) is 5.56 Å². The number of ether oxygens (including phenoxy) is 1. The molecule has 4 N–H and O–H groups in total. The summed E-state index contributed by atoms with van der Waals surface area (Å²) in [5.74, 6) is -0.389. The lowest BCUT2D eigenvalue weighted by Crippen LogP contribution is -2.15. The topological polar surface area (TPSA) is 142 Å². The monoisotopic (exact) mass is 288 g/mol. The van der Waals surface area contributed by atoms with Crippen molar-refractivity contribution in [1.29, 1.82) is 0 Å². The number of nitrogens with zero attached hydrogens (tertiary/aromatic N) is 4. The Kier molecular flexibility index (Phi) is 4.24. The summed E-state index contributed by atoms with van der Waals surface area (Å²) in [6.45, 7) is 0. The quantitative estimate of drug-likeness (QED) is 0.353. The van der Waals surface area contributed by atoms with Crippen LogP contribution >= 0.6 is 0 Å². The van der Waals surface area contributed by atoms with Crippen LogP contribution in [0.25, 0.3) is 0 Å². The van der Waals surface area contributed by atoms with Crippen molar-refractivity contribution < 1.29 is 14.2 Å². The third-order valence-corrected chi connectivity index (χ3v) is 2.46. The van der Waals surface area contributed by atoms with Crippen LogP contribution in [-0.4, -0.2) is 35.4 Å². The van der Waals surface area contributed by atoms with Gasteiger partial charge in [-0.25, -0.2) is 9.42 Å². The van der Waals surface area contributed by atoms with Crippen LogP contribution in [0.2, 0.25) is 0 Å². The standard InChI is InChI=1S/C12H12N6O3/c1-20-12(19)8-4-2-7(3-5-8)6-15-16-10(13)9-11(14)18-21-17-9/h2-6H,1H3,(H2,13,16)(H2,14,18). The van der Waals surface area contributed by atoms with Gasteiger partial charge < -0.3 is 16.2 Å². The Morgan fingerprint density at radius 1 is 1.33 bits per heavy atom. The molecule has 2 aromatic rings. The van der Waals surface area contributed by atoms with Gasteiger partial charge in [-0.15, -0.1) is 5.10 Å².